The topological polar surface area (TPSA) is 86.6 Å². The number of nitrogens with zero attached hydrogens (tertiary/aromatic N) is 1. The van der Waals surface area contributed by atoms with Crippen LogP contribution in [0.5, 0.6) is 11.5 Å². The van der Waals surface area contributed by atoms with E-state index in [1.807, 2.05) is 19.1 Å². The molecule has 0 saturated heterocycles. The molecule has 156 valence electrons. The van der Waals surface area contributed by atoms with Gasteiger partial charge in [-0.1, -0.05) is 30.4 Å². The monoisotopic (exact) mass is 436 g/mol. The van der Waals surface area contributed by atoms with Gasteiger partial charge in [0.2, 0.25) is 10.0 Å². The van der Waals surface area contributed by atoms with Gasteiger partial charge in [0, 0.05) is 6.54 Å². The summed E-state index contributed by atoms with van der Waals surface area (Å²) in [7, 11) is -2.20. The van der Waals surface area contributed by atoms with E-state index in [0.717, 1.165) is 23.3 Å². The fourth-order valence-corrected chi connectivity index (χ4v) is 5.25. The first-order valence-electron chi connectivity index (χ1n) is 9.27. The Hall–Kier alpha value is -2.36. The van der Waals surface area contributed by atoms with Gasteiger partial charge in [-0.05, 0) is 43.7 Å². The average Bonchev–Trinajstić information content (AvgIpc) is 3.01. The van der Waals surface area contributed by atoms with E-state index in [1.54, 1.807) is 42.9 Å². The molecular weight excluding hydrogens is 412 g/mol. The molecule has 0 fully saturated rings. The van der Waals surface area contributed by atoms with Crippen LogP contribution in [-0.2, 0) is 16.6 Å². The van der Waals surface area contributed by atoms with E-state index in [1.165, 1.54) is 6.07 Å². The molecule has 3 aromatic rings. The van der Waals surface area contributed by atoms with E-state index in [-0.39, 0.29) is 16.4 Å². The summed E-state index contributed by atoms with van der Waals surface area (Å²) in [6.07, 6.45) is 0.830. The zero-order valence-corrected chi connectivity index (χ0v) is 18.2. The van der Waals surface area contributed by atoms with Crippen molar-refractivity contribution in [2.45, 2.75) is 37.8 Å². The molecule has 9 heteroatoms. The van der Waals surface area contributed by atoms with Gasteiger partial charge in [-0.2, -0.15) is 0 Å². The van der Waals surface area contributed by atoms with Crippen molar-refractivity contribution in [3.63, 3.8) is 0 Å². The molecule has 1 heterocycles. The molecular formula is C20H24N2O5S2. The fourth-order valence-electron chi connectivity index (χ4n) is 2.97. The molecule has 1 atom stereocenters. The van der Waals surface area contributed by atoms with E-state index in [2.05, 4.69) is 4.72 Å². The fraction of sp³-hybridized carbons (Fsp3) is 0.350. The van der Waals surface area contributed by atoms with Gasteiger partial charge in [-0.3, -0.25) is 9.36 Å². The van der Waals surface area contributed by atoms with Crippen molar-refractivity contribution in [1.29, 1.82) is 0 Å². The van der Waals surface area contributed by atoms with Crippen molar-refractivity contribution in [2.75, 3.05) is 13.7 Å². The summed E-state index contributed by atoms with van der Waals surface area (Å²) in [6.45, 7) is 4.47. The third kappa shape index (κ3) is 4.80. The number of thiazole rings is 1. The quantitative estimate of drug-likeness (QED) is 0.557. The summed E-state index contributed by atoms with van der Waals surface area (Å²) in [6, 6.07) is 11.5. The Balaban J connectivity index is 1.74. The Morgan fingerprint density at radius 3 is 2.59 bits per heavy atom. The van der Waals surface area contributed by atoms with E-state index >= 15 is 0 Å². The van der Waals surface area contributed by atoms with Crippen molar-refractivity contribution in [2.24, 2.45) is 0 Å². The molecule has 7 nitrogen and oxygen atoms in total. The average molecular weight is 437 g/mol. The number of methoxy groups -OCH3 is 1. The van der Waals surface area contributed by atoms with Gasteiger partial charge in [-0.15, -0.1) is 0 Å². The SMILES string of the molecule is CCCn1c(=O)sc2cc(S(=O)(=O)N[C@@H](C)COc3ccccc3OC)ccc21. The van der Waals surface area contributed by atoms with E-state index in [9.17, 15) is 13.2 Å². The maximum atomic E-state index is 12.8. The lowest BCUT2D eigenvalue weighted by Crippen LogP contribution is -2.36. The molecule has 0 amide bonds. The van der Waals surface area contributed by atoms with Gasteiger partial charge in [0.05, 0.1) is 28.3 Å². The molecule has 0 radical (unpaired) electrons. The molecule has 3 rings (SSSR count). The minimum Gasteiger partial charge on any atom is -0.493 e. The number of nitrogens with one attached hydrogen (secondary N) is 1. The smallest absolute Gasteiger partial charge is 0.308 e. The minimum atomic E-state index is -3.75. The predicted octanol–water partition coefficient (Wildman–Crippen LogP) is 3.23. The standard InChI is InChI=1S/C20H24N2O5S2/c1-4-11-22-16-10-9-15(12-19(16)28-20(22)23)29(24,25)21-14(2)13-27-18-8-6-5-7-17(18)26-3/h5-10,12,14,21H,4,11,13H2,1-3H3/t14-/m0/s1. The zero-order chi connectivity index (χ0) is 21.0. The van der Waals surface area contributed by atoms with Crippen molar-refractivity contribution in [3.05, 3.63) is 52.1 Å². The number of aromatic nitrogens is 1. The Bertz CT molecular complexity index is 1150. The van der Waals surface area contributed by atoms with Crippen LogP contribution in [0.4, 0.5) is 0 Å². The molecule has 0 spiro atoms. The highest BCUT2D eigenvalue weighted by atomic mass is 32.2. The van der Waals surface area contributed by atoms with Gasteiger partial charge in [-0.25, -0.2) is 13.1 Å². The molecule has 0 saturated carbocycles. The summed E-state index contributed by atoms with van der Waals surface area (Å²) in [5.74, 6) is 1.13. The van der Waals surface area contributed by atoms with Gasteiger partial charge >= 0.3 is 4.87 Å². The molecule has 2 aromatic carbocycles. The van der Waals surface area contributed by atoms with Gasteiger partial charge in [0.15, 0.2) is 11.5 Å². The minimum absolute atomic E-state index is 0.0806. The number of ether oxygens (including phenoxy) is 2. The van der Waals surface area contributed by atoms with Crippen LogP contribution < -0.4 is 19.1 Å². The molecule has 0 aliphatic carbocycles. The van der Waals surface area contributed by atoms with Crippen LogP contribution >= 0.6 is 11.3 Å². The number of aryl methyl sites for hydroxylation is 1. The summed E-state index contributed by atoms with van der Waals surface area (Å²) >= 11 is 1.06. The summed E-state index contributed by atoms with van der Waals surface area (Å²) in [4.78, 5) is 12.2. The highest BCUT2D eigenvalue weighted by molar-refractivity contribution is 7.89. The van der Waals surface area contributed by atoms with Crippen LogP contribution in [-0.4, -0.2) is 32.7 Å². The third-order valence-electron chi connectivity index (χ3n) is 4.31. The van der Waals surface area contributed by atoms with Crippen LogP contribution in [0, 0.1) is 0 Å². The second-order valence-corrected chi connectivity index (χ2v) is 9.34. The third-order valence-corrected chi connectivity index (χ3v) is 6.84. The van der Waals surface area contributed by atoms with Crippen molar-refractivity contribution in [1.82, 2.24) is 9.29 Å². The molecule has 0 unspecified atom stereocenters. The van der Waals surface area contributed by atoms with Crippen LogP contribution in [0.3, 0.4) is 0 Å². The number of rotatable bonds is 9. The van der Waals surface area contributed by atoms with Crippen LogP contribution in [0.15, 0.2) is 52.2 Å². The molecule has 1 N–H and O–H groups in total. The van der Waals surface area contributed by atoms with Crippen LogP contribution in [0.1, 0.15) is 20.3 Å². The maximum absolute atomic E-state index is 12.8. The second-order valence-electron chi connectivity index (χ2n) is 6.63. The van der Waals surface area contributed by atoms with Crippen molar-refractivity contribution >= 4 is 31.6 Å². The van der Waals surface area contributed by atoms with Gasteiger partial charge < -0.3 is 9.47 Å². The summed E-state index contributed by atoms with van der Waals surface area (Å²) in [5.41, 5.74) is 0.758. The number of fused-ring (bicyclic) bond motifs is 1. The largest absolute Gasteiger partial charge is 0.493 e. The lowest BCUT2D eigenvalue weighted by Gasteiger charge is -2.16. The molecule has 0 aliphatic heterocycles. The lowest BCUT2D eigenvalue weighted by atomic mass is 10.3. The van der Waals surface area contributed by atoms with Crippen molar-refractivity contribution < 1.29 is 17.9 Å². The number of benzene rings is 2. The Morgan fingerprint density at radius 1 is 1.17 bits per heavy atom. The first kappa shape index (κ1) is 21.4. The molecule has 0 bridgehead atoms. The van der Waals surface area contributed by atoms with E-state index in [0.29, 0.717) is 22.7 Å². The predicted molar refractivity (Wildman–Crippen MR) is 115 cm³/mol. The first-order chi connectivity index (χ1) is 13.9. The van der Waals surface area contributed by atoms with Gasteiger partial charge in [0.25, 0.3) is 0 Å². The molecule has 29 heavy (non-hydrogen) atoms. The van der Waals surface area contributed by atoms with E-state index in [4.69, 9.17) is 9.47 Å². The number of sulfonamides is 1. The van der Waals surface area contributed by atoms with Crippen molar-refractivity contribution in [3.8, 4) is 11.5 Å². The zero-order valence-electron chi connectivity index (χ0n) is 16.5. The number of hydrogen-bond donors (Lipinski definition) is 1. The number of hydrogen-bond acceptors (Lipinski definition) is 6. The van der Waals surface area contributed by atoms with Crippen LogP contribution in [0.25, 0.3) is 10.2 Å². The molecule has 1 aromatic heterocycles. The Morgan fingerprint density at radius 2 is 1.90 bits per heavy atom. The molecule has 0 aliphatic rings. The Kier molecular flexibility index (Phi) is 6.61. The van der Waals surface area contributed by atoms with E-state index < -0.39 is 16.1 Å². The number of para-hydroxylation sites is 2. The normalized spacial score (nSPS) is 12.8. The highest BCUT2D eigenvalue weighted by Gasteiger charge is 2.20. The van der Waals surface area contributed by atoms with Gasteiger partial charge in [0.1, 0.15) is 6.61 Å². The first-order valence-corrected chi connectivity index (χ1v) is 11.6. The lowest BCUT2D eigenvalue weighted by molar-refractivity contribution is 0.271. The highest BCUT2D eigenvalue weighted by Crippen LogP contribution is 2.26. The summed E-state index contributed by atoms with van der Waals surface area (Å²) in [5, 5.41) is 0. The van der Waals surface area contributed by atoms with Crippen LogP contribution in [0.2, 0.25) is 0 Å². The summed E-state index contributed by atoms with van der Waals surface area (Å²) < 4.78 is 41.4. The second kappa shape index (κ2) is 8.98. The Labute approximate surface area is 173 Å². The maximum Gasteiger partial charge on any atom is 0.308 e.